The van der Waals surface area contributed by atoms with Gasteiger partial charge in [0, 0.05) is 24.0 Å². The molecule has 0 unspecified atom stereocenters. The van der Waals surface area contributed by atoms with Gasteiger partial charge >= 0.3 is 0 Å². The van der Waals surface area contributed by atoms with Gasteiger partial charge in [-0.3, -0.25) is 9.59 Å². The molecule has 1 aromatic heterocycles. The molecule has 1 aliphatic heterocycles. The minimum Gasteiger partial charge on any atom is -0.449 e. The summed E-state index contributed by atoms with van der Waals surface area (Å²) >= 11 is 0. The third-order valence-electron chi connectivity index (χ3n) is 4.74. The Morgan fingerprint density at radius 3 is 2.42 bits per heavy atom. The molecule has 5 heteroatoms. The summed E-state index contributed by atoms with van der Waals surface area (Å²) in [6, 6.07) is 14.7. The lowest BCUT2D eigenvalue weighted by atomic mass is 10.1. The second-order valence-corrected chi connectivity index (χ2v) is 6.62. The molecule has 1 aliphatic rings. The Labute approximate surface area is 151 Å². The molecule has 0 radical (unpaired) electrons. The number of nitrogens with zero attached hydrogens (tertiary/aromatic N) is 1. The molecule has 2 amide bonds. The molecule has 0 spiro atoms. The van der Waals surface area contributed by atoms with Crippen molar-refractivity contribution in [2.24, 2.45) is 0 Å². The summed E-state index contributed by atoms with van der Waals surface area (Å²) in [5.74, 6) is -0.224. The Bertz CT molecular complexity index is 967. The summed E-state index contributed by atoms with van der Waals surface area (Å²) < 4.78 is 5.82. The monoisotopic (exact) mass is 348 g/mol. The summed E-state index contributed by atoms with van der Waals surface area (Å²) in [5.41, 5.74) is 2.66. The molecule has 1 fully saturated rings. The van der Waals surface area contributed by atoms with Crippen LogP contribution in [0.4, 0.5) is 5.69 Å². The second-order valence-electron chi connectivity index (χ2n) is 6.62. The number of amides is 2. The van der Waals surface area contributed by atoms with E-state index in [1.165, 1.54) is 0 Å². The van der Waals surface area contributed by atoms with Gasteiger partial charge in [0.25, 0.3) is 11.8 Å². The summed E-state index contributed by atoms with van der Waals surface area (Å²) in [6.07, 6.45) is 1.99. The van der Waals surface area contributed by atoms with Crippen LogP contribution in [0.15, 0.2) is 52.9 Å². The van der Waals surface area contributed by atoms with E-state index >= 15 is 0 Å². The van der Waals surface area contributed by atoms with Crippen LogP contribution in [0.1, 0.15) is 39.3 Å². The van der Waals surface area contributed by atoms with E-state index in [0.29, 0.717) is 16.8 Å². The zero-order chi connectivity index (χ0) is 18.1. The van der Waals surface area contributed by atoms with Crippen LogP contribution in [0.5, 0.6) is 0 Å². The lowest BCUT2D eigenvalue weighted by Crippen LogP contribution is -2.28. The second kappa shape index (κ2) is 6.67. The van der Waals surface area contributed by atoms with E-state index in [-0.39, 0.29) is 17.6 Å². The normalized spacial score (nSPS) is 14.0. The molecule has 0 aliphatic carbocycles. The van der Waals surface area contributed by atoms with Crippen molar-refractivity contribution >= 4 is 28.5 Å². The van der Waals surface area contributed by atoms with E-state index in [9.17, 15) is 9.59 Å². The first-order valence-corrected chi connectivity index (χ1v) is 8.82. The van der Waals surface area contributed by atoms with Crippen LogP contribution in [0.25, 0.3) is 11.0 Å². The SMILES string of the molecule is Cc1ccc(C(=O)Nc2c(C(=O)N3CCCC3)oc3ccccc23)cc1. The van der Waals surface area contributed by atoms with Gasteiger partial charge in [-0.1, -0.05) is 29.8 Å². The fourth-order valence-corrected chi connectivity index (χ4v) is 3.27. The number of furan rings is 1. The first-order valence-electron chi connectivity index (χ1n) is 8.82. The number of rotatable bonds is 3. The van der Waals surface area contributed by atoms with Crippen molar-refractivity contribution in [3.05, 3.63) is 65.4 Å². The topological polar surface area (TPSA) is 62.6 Å². The van der Waals surface area contributed by atoms with Crippen LogP contribution in [0.2, 0.25) is 0 Å². The Morgan fingerprint density at radius 2 is 1.69 bits per heavy atom. The molecule has 1 saturated heterocycles. The fraction of sp³-hybridized carbons (Fsp3) is 0.238. The number of aryl methyl sites for hydroxylation is 1. The van der Waals surface area contributed by atoms with E-state index in [1.807, 2.05) is 37.3 Å². The van der Waals surface area contributed by atoms with Crippen molar-refractivity contribution in [1.82, 2.24) is 4.90 Å². The highest BCUT2D eigenvalue weighted by Crippen LogP contribution is 2.32. The van der Waals surface area contributed by atoms with Gasteiger partial charge in [0.15, 0.2) is 0 Å². The maximum Gasteiger partial charge on any atom is 0.291 e. The molecule has 1 N–H and O–H groups in total. The van der Waals surface area contributed by atoms with Gasteiger partial charge in [0.2, 0.25) is 5.76 Å². The van der Waals surface area contributed by atoms with Gasteiger partial charge in [-0.15, -0.1) is 0 Å². The summed E-state index contributed by atoms with van der Waals surface area (Å²) in [7, 11) is 0. The molecule has 0 bridgehead atoms. The number of benzene rings is 2. The number of carbonyl (C=O) groups excluding carboxylic acids is 2. The maximum absolute atomic E-state index is 12.9. The quantitative estimate of drug-likeness (QED) is 0.770. The average molecular weight is 348 g/mol. The van der Waals surface area contributed by atoms with E-state index in [0.717, 1.165) is 36.9 Å². The third kappa shape index (κ3) is 2.96. The van der Waals surface area contributed by atoms with Crippen molar-refractivity contribution < 1.29 is 14.0 Å². The summed E-state index contributed by atoms with van der Waals surface area (Å²) in [6.45, 7) is 3.42. The maximum atomic E-state index is 12.9. The van der Waals surface area contributed by atoms with Crippen molar-refractivity contribution in [2.45, 2.75) is 19.8 Å². The lowest BCUT2D eigenvalue weighted by Gasteiger charge is -2.14. The Balaban J connectivity index is 1.72. The van der Waals surface area contributed by atoms with Crippen LogP contribution >= 0.6 is 0 Å². The molecule has 0 saturated carbocycles. The number of carbonyl (C=O) groups is 2. The predicted molar refractivity (Wildman–Crippen MR) is 100 cm³/mol. The molecule has 0 atom stereocenters. The van der Waals surface area contributed by atoms with Crippen LogP contribution in [-0.2, 0) is 0 Å². The van der Waals surface area contributed by atoms with Gasteiger partial charge in [0.05, 0.1) is 0 Å². The average Bonchev–Trinajstić information content (AvgIpc) is 3.30. The first-order chi connectivity index (χ1) is 12.6. The fourth-order valence-electron chi connectivity index (χ4n) is 3.27. The Morgan fingerprint density at radius 1 is 1.00 bits per heavy atom. The Kier molecular flexibility index (Phi) is 4.21. The number of nitrogens with one attached hydrogen (secondary N) is 1. The number of hydrogen-bond acceptors (Lipinski definition) is 3. The predicted octanol–water partition coefficient (Wildman–Crippen LogP) is 4.23. The minimum atomic E-state index is -0.257. The van der Waals surface area contributed by atoms with E-state index in [2.05, 4.69) is 5.32 Å². The van der Waals surface area contributed by atoms with Gasteiger partial charge in [0.1, 0.15) is 11.3 Å². The zero-order valence-electron chi connectivity index (χ0n) is 14.6. The van der Waals surface area contributed by atoms with E-state index in [1.54, 1.807) is 23.1 Å². The standard InChI is InChI=1S/C21H20N2O3/c1-14-8-10-15(11-9-14)20(24)22-18-16-6-2-3-7-17(16)26-19(18)21(25)23-12-4-5-13-23/h2-3,6-11H,4-5,12-13H2,1H3,(H,22,24). The number of para-hydroxylation sites is 1. The van der Waals surface area contributed by atoms with Crippen LogP contribution in [-0.4, -0.2) is 29.8 Å². The highest BCUT2D eigenvalue weighted by Gasteiger charge is 2.28. The van der Waals surface area contributed by atoms with Gasteiger partial charge in [-0.05, 0) is 44.0 Å². The van der Waals surface area contributed by atoms with Gasteiger partial charge in [-0.25, -0.2) is 0 Å². The Hall–Kier alpha value is -3.08. The van der Waals surface area contributed by atoms with Crippen molar-refractivity contribution in [3.8, 4) is 0 Å². The molecule has 132 valence electrons. The van der Waals surface area contributed by atoms with E-state index < -0.39 is 0 Å². The molecule has 2 heterocycles. The largest absolute Gasteiger partial charge is 0.449 e. The molecular formula is C21H20N2O3. The number of hydrogen-bond donors (Lipinski definition) is 1. The third-order valence-corrected chi connectivity index (χ3v) is 4.74. The van der Waals surface area contributed by atoms with E-state index in [4.69, 9.17) is 4.42 Å². The molecule has 2 aromatic carbocycles. The van der Waals surface area contributed by atoms with Crippen LogP contribution in [0.3, 0.4) is 0 Å². The molecule has 4 rings (SSSR count). The zero-order valence-corrected chi connectivity index (χ0v) is 14.6. The van der Waals surface area contributed by atoms with Crippen molar-refractivity contribution in [2.75, 3.05) is 18.4 Å². The molecule has 5 nitrogen and oxygen atoms in total. The van der Waals surface area contributed by atoms with Crippen molar-refractivity contribution in [1.29, 1.82) is 0 Å². The number of anilines is 1. The summed E-state index contributed by atoms with van der Waals surface area (Å²) in [5, 5.41) is 3.63. The number of likely N-dealkylation sites (tertiary alicyclic amines) is 1. The lowest BCUT2D eigenvalue weighted by molar-refractivity contribution is 0.0765. The highest BCUT2D eigenvalue weighted by molar-refractivity contribution is 6.14. The smallest absolute Gasteiger partial charge is 0.291 e. The first kappa shape index (κ1) is 16.4. The molecular weight excluding hydrogens is 328 g/mol. The molecule has 26 heavy (non-hydrogen) atoms. The molecule has 3 aromatic rings. The summed E-state index contributed by atoms with van der Waals surface area (Å²) in [4.78, 5) is 27.3. The highest BCUT2D eigenvalue weighted by atomic mass is 16.3. The minimum absolute atomic E-state index is 0.169. The van der Waals surface area contributed by atoms with Crippen molar-refractivity contribution in [3.63, 3.8) is 0 Å². The van der Waals surface area contributed by atoms with Crippen LogP contribution in [0, 0.1) is 6.92 Å². The van der Waals surface area contributed by atoms with Gasteiger partial charge in [-0.2, -0.15) is 0 Å². The van der Waals surface area contributed by atoms with Crippen LogP contribution < -0.4 is 5.32 Å². The van der Waals surface area contributed by atoms with Gasteiger partial charge < -0.3 is 14.6 Å². The number of fused-ring (bicyclic) bond motifs is 1.